The van der Waals surface area contributed by atoms with Gasteiger partial charge < -0.3 is 14.3 Å². The molecule has 0 amide bonds. The third-order valence-corrected chi connectivity index (χ3v) is 5.28. The van der Waals surface area contributed by atoms with Crippen LogP contribution < -0.4 is 4.90 Å². The molecule has 156 valence electrons. The van der Waals surface area contributed by atoms with Crippen molar-refractivity contribution < 1.29 is 17.6 Å². The molecule has 11 heteroatoms. The van der Waals surface area contributed by atoms with E-state index in [9.17, 15) is 13.2 Å². The summed E-state index contributed by atoms with van der Waals surface area (Å²) < 4.78 is 45.7. The lowest BCUT2D eigenvalue weighted by Crippen LogP contribution is -2.37. The molecule has 4 aromatic heterocycles. The van der Waals surface area contributed by atoms with Crippen LogP contribution in [0.5, 0.6) is 0 Å². The fraction of sp³-hybridized carbons (Fsp3) is 0.368. The van der Waals surface area contributed by atoms with Crippen molar-refractivity contribution in [3.05, 3.63) is 59.3 Å². The highest BCUT2D eigenvalue weighted by Crippen LogP contribution is 2.38. The van der Waals surface area contributed by atoms with Gasteiger partial charge in [-0.25, -0.2) is 9.50 Å². The van der Waals surface area contributed by atoms with E-state index in [1.165, 1.54) is 0 Å². The SMILES string of the molecule is CC(C)c1cccn2nc([C@@H]3c4nc[nH]c4CCN3c3nnc(C(F)(F)F)o3)cc12. The Labute approximate surface area is 168 Å². The number of halogens is 3. The lowest BCUT2D eigenvalue weighted by Gasteiger charge is -2.32. The third-order valence-electron chi connectivity index (χ3n) is 5.28. The normalized spacial score (nSPS) is 17.1. The van der Waals surface area contributed by atoms with Gasteiger partial charge in [0.15, 0.2) is 0 Å². The molecule has 1 aliphatic rings. The van der Waals surface area contributed by atoms with Gasteiger partial charge in [-0.3, -0.25) is 0 Å². The smallest absolute Gasteiger partial charge is 0.399 e. The van der Waals surface area contributed by atoms with Crippen molar-refractivity contribution in [3.8, 4) is 0 Å². The maximum atomic E-state index is 13.0. The van der Waals surface area contributed by atoms with Crippen LogP contribution in [0.3, 0.4) is 0 Å². The maximum absolute atomic E-state index is 13.0. The number of pyridine rings is 1. The number of H-pyrrole nitrogens is 1. The van der Waals surface area contributed by atoms with Gasteiger partial charge in [-0.05, 0) is 23.6 Å². The summed E-state index contributed by atoms with van der Waals surface area (Å²) in [5.41, 5.74) is 4.29. The quantitative estimate of drug-likeness (QED) is 0.547. The summed E-state index contributed by atoms with van der Waals surface area (Å²) in [5, 5.41) is 11.5. The number of nitrogens with one attached hydrogen (secondary N) is 1. The molecule has 0 spiro atoms. The van der Waals surface area contributed by atoms with E-state index in [-0.39, 0.29) is 11.9 Å². The number of aromatic nitrogens is 6. The number of aromatic amines is 1. The molecule has 8 nitrogen and oxygen atoms in total. The number of alkyl halides is 3. The lowest BCUT2D eigenvalue weighted by atomic mass is 9.99. The van der Waals surface area contributed by atoms with Crippen LogP contribution in [0.1, 0.15) is 54.3 Å². The van der Waals surface area contributed by atoms with Crippen LogP contribution in [0.15, 0.2) is 35.1 Å². The summed E-state index contributed by atoms with van der Waals surface area (Å²) in [6.07, 6.45) is -0.729. The molecule has 0 radical (unpaired) electrons. The summed E-state index contributed by atoms with van der Waals surface area (Å²) in [7, 11) is 0. The number of nitrogens with zero attached hydrogens (tertiary/aromatic N) is 6. The molecule has 1 N–H and O–H groups in total. The Kier molecular flexibility index (Phi) is 4.09. The van der Waals surface area contributed by atoms with Crippen LogP contribution >= 0.6 is 0 Å². The molecular weight excluding hydrogens is 399 g/mol. The Balaban J connectivity index is 1.64. The highest BCUT2D eigenvalue weighted by Gasteiger charge is 2.41. The molecule has 0 saturated heterocycles. The average Bonchev–Trinajstić information content (AvgIpc) is 3.43. The molecule has 0 saturated carbocycles. The van der Waals surface area contributed by atoms with Gasteiger partial charge in [-0.1, -0.05) is 25.0 Å². The summed E-state index contributed by atoms with van der Waals surface area (Å²) in [6.45, 7) is 4.57. The van der Waals surface area contributed by atoms with Crippen molar-refractivity contribution in [2.45, 2.75) is 38.4 Å². The van der Waals surface area contributed by atoms with Crippen molar-refractivity contribution in [2.24, 2.45) is 0 Å². The molecular formula is C19H18F3N7O. The van der Waals surface area contributed by atoms with Crippen LogP contribution in [-0.2, 0) is 12.6 Å². The van der Waals surface area contributed by atoms with Crippen LogP contribution in [0.25, 0.3) is 5.52 Å². The number of hydrogen-bond acceptors (Lipinski definition) is 6. The number of imidazole rings is 1. The van der Waals surface area contributed by atoms with Crippen molar-refractivity contribution >= 4 is 11.5 Å². The Morgan fingerprint density at radius 3 is 2.83 bits per heavy atom. The average molecular weight is 417 g/mol. The minimum Gasteiger partial charge on any atom is -0.399 e. The van der Waals surface area contributed by atoms with Crippen molar-refractivity contribution in [1.82, 2.24) is 29.8 Å². The van der Waals surface area contributed by atoms with E-state index >= 15 is 0 Å². The van der Waals surface area contributed by atoms with Gasteiger partial charge >= 0.3 is 18.1 Å². The second-order valence-corrected chi connectivity index (χ2v) is 7.52. The third kappa shape index (κ3) is 2.92. The van der Waals surface area contributed by atoms with Gasteiger partial charge in [0.1, 0.15) is 6.04 Å². The Hall–Kier alpha value is -3.37. The van der Waals surface area contributed by atoms with E-state index in [0.29, 0.717) is 24.4 Å². The summed E-state index contributed by atoms with van der Waals surface area (Å²) >= 11 is 0. The lowest BCUT2D eigenvalue weighted by molar-refractivity contribution is -0.157. The second-order valence-electron chi connectivity index (χ2n) is 7.52. The molecule has 0 bridgehead atoms. The van der Waals surface area contributed by atoms with Crippen molar-refractivity contribution in [3.63, 3.8) is 0 Å². The van der Waals surface area contributed by atoms with Crippen LogP contribution in [-0.4, -0.2) is 36.3 Å². The first-order valence-electron chi connectivity index (χ1n) is 9.50. The maximum Gasteiger partial charge on any atom is 0.470 e. The predicted octanol–water partition coefficient (Wildman–Crippen LogP) is 3.73. The highest BCUT2D eigenvalue weighted by molar-refractivity contribution is 5.58. The Morgan fingerprint density at radius 2 is 2.10 bits per heavy atom. The Bertz CT molecular complexity index is 1210. The van der Waals surface area contributed by atoms with Gasteiger partial charge in [-0.2, -0.15) is 18.3 Å². The zero-order chi connectivity index (χ0) is 21.0. The second kappa shape index (κ2) is 6.57. The van der Waals surface area contributed by atoms with E-state index in [1.54, 1.807) is 15.7 Å². The minimum absolute atomic E-state index is 0.206. The van der Waals surface area contributed by atoms with Crippen molar-refractivity contribution in [1.29, 1.82) is 0 Å². The van der Waals surface area contributed by atoms with Gasteiger partial charge in [0.2, 0.25) is 0 Å². The summed E-state index contributed by atoms with van der Waals surface area (Å²) in [5.74, 6) is -1.09. The van der Waals surface area contributed by atoms with E-state index < -0.39 is 18.1 Å². The number of hydrogen-bond donors (Lipinski definition) is 1. The zero-order valence-electron chi connectivity index (χ0n) is 16.2. The molecule has 5 rings (SSSR count). The summed E-state index contributed by atoms with van der Waals surface area (Å²) in [4.78, 5) is 9.15. The molecule has 5 heterocycles. The van der Waals surface area contributed by atoms with E-state index in [2.05, 4.69) is 34.0 Å². The van der Waals surface area contributed by atoms with Gasteiger partial charge in [0, 0.05) is 24.9 Å². The number of rotatable bonds is 3. The monoisotopic (exact) mass is 417 g/mol. The minimum atomic E-state index is -4.71. The first kappa shape index (κ1) is 18.6. The first-order valence-corrected chi connectivity index (χ1v) is 9.50. The van der Waals surface area contributed by atoms with Crippen LogP contribution in [0, 0.1) is 0 Å². The highest BCUT2D eigenvalue weighted by atomic mass is 19.4. The predicted molar refractivity (Wildman–Crippen MR) is 100 cm³/mol. The first-order chi connectivity index (χ1) is 14.3. The fourth-order valence-electron chi connectivity index (χ4n) is 3.91. The topological polar surface area (TPSA) is 88.1 Å². The van der Waals surface area contributed by atoms with Gasteiger partial charge in [0.05, 0.1) is 23.2 Å². The van der Waals surface area contributed by atoms with Crippen molar-refractivity contribution in [2.75, 3.05) is 11.4 Å². The number of fused-ring (bicyclic) bond motifs is 2. The van der Waals surface area contributed by atoms with E-state index in [1.807, 2.05) is 24.4 Å². The standard InChI is InChI=1S/C19H18F3N7O/c1-10(2)11-4-3-6-29-14(11)8-13(27-29)16-15-12(23-9-24-15)5-7-28(16)18-26-25-17(30-18)19(20,21)22/h3-4,6,8-10,16H,5,7H2,1-2H3,(H,23,24)/t16-/m1/s1. The number of anilines is 1. The molecule has 30 heavy (non-hydrogen) atoms. The largest absolute Gasteiger partial charge is 0.470 e. The molecule has 0 aromatic carbocycles. The van der Waals surface area contributed by atoms with E-state index in [0.717, 1.165) is 16.8 Å². The van der Waals surface area contributed by atoms with E-state index in [4.69, 9.17) is 9.52 Å². The summed E-state index contributed by atoms with van der Waals surface area (Å²) in [6, 6.07) is 5.14. The molecule has 0 fully saturated rings. The fourth-order valence-corrected chi connectivity index (χ4v) is 3.91. The Morgan fingerprint density at radius 1 is 1.27 bits per heavy atom. The van der Waals surface area contributed by atoms with Gasteiger partial charge in [0.25, 0.3) is 0 Å². The molecule has 1 atom stereocenters. The molecule has 0 unspecified atom stereocenters. The van der Waals surface area contributed by atoms with Gasteiger partial charge in [-0.15, -0.1) is 5.10 Å². The molecule has 4 aromatic rings. The zero-order valence-corrected chi connectivity index (χ0v) is 16.2. The molecule has 1 aliphatic heterocycles. The van der Waals surface area contributed by atoms with Crippen LogP contribution in [0.2, 0.25) is 0 Å². The molecule has 0 aliphatic carbocycles. The van der Waals surface area contributed by atoms with Crippen LogP contribution in [0.4, 0.5) is 19.2 Å².